The molecule has 3 aromatic rings. The van der Waals surface area contributed by atoms with Gasteiger partial charge in [-0.3, -0.25) is 4.98 Å². The van der Waals surface area contributed by atoms with Crippen LogP contribution in [0.3, 0.4) is 0 Å². The molecule has 1 aromatic carbocycles. The molecule has 3 nitrogen and oxygen atoms in total. The topological polar surface area (TPSA) is 38.7 Å². The van der Waals surface area contributed by atoms with E-state index in [-0.39, 0.29) is 0 Å². The van der Waals surface area contributed by atoms with Gasteiger partial charge in [-0.05, 0) is 34.7 Å². The van der Waals surface area contributed by atoms with E-state index in [0.717, 1.165) is 25.9 Å². The van der Waals surface area contributed by atoms with Gasteiger partial charge in [0.15, 0.2) is 0 Å². The van der Waals surface area contributed by atoms with Crippen LogP contribution in [-0.4, -0.2) is 15.0 Å². The number of aromatic nitrogens is 3. The molecule has 0 N–H and O–H groups in total. The van der Waals surface area contributed by atoms with E-state index in [1.165, 1.54) is 0 Å². The SMILES string of the molecule is Ic1cc(-c2cccc3cccnc23)ncn1. The van der Waals surface area contributed by atoms with Crippen LogP contribution in [0.5, 0.6) is 0 Å². The van der Waals surface area contributed by atoms with Gasteiger partial charge in [-0.2, -0.15) is 0 Å². The van der Waals surface area contributed by atoms with Gasteiger partial charge in [0.2, 0.25) is 0 Å². The number of para-hydroxylation sites is 1. The third kappa shape index (κ3) is 2.00. The molecule has 0 saturated carbocycles. The molecule has 17 heavy (non-hydrogen) atoms. The highest BCUT2D eigenvalue weighted by Gasteiger charge is 2.06. The van der Waals surface area contributed by atoms with Crippen molar-refractivity contribution < 1.29 is 0 Å². The molecule has 82 valence electrons. The van der Waals surface area contributed by atoms with E-state index in [0.29, 0.717) is 0 Å². The van der Waals surface area contributed by atoms with Gasteiger partial charge < -0.3 is 0 Å². The Morgan fingerprint density at radius 3 is 2.71 bits per heavy atom. The Bertz CT molecular complexity index is 677. The molecule has 0 aliphatic heterocycles. The summed E-state index contributed by atoms with van der Waals surface area (Å²) < 4.78 is 0.931. The highest BCUT2D eigenvalue weighted by molar-refractivity contribution is 14.1. The lowest BCUT2D eigenvalue weighted by atomic mass is 10.1. The van der Waals surface area contributed by atoms with Crippen molar-refractivity contribution in [3.8, 4) is 11.3 Å². The van der Waals surface area contributed by atoms with Crippen LogP contribution in [-0.2, 0) is 0 Å². The number of halogens is 1. The van der Waals surface area contributed by atoms with Crippen molar-refractivity contribution in [2.75, 3.05) is 0 Å². The standard InChI is InChI=1S/C13H8IN3/c14-12-7-11(16-8-17-12)10-5-1-3-9-4-2-6-15-13(9)10/h1-8H. The number of benzene rings is 1. The number of hydrogen-bond donors (Lipinski definition) is 0. The zero-order valence-electron chi connectivity index (χ0n) is 8.84. The summed E-state index contributed by atoms with van der Waals surface area (Å²) in [6.07, 6.45) is 3.39. The highest BCUT2D eigenvalue weighted by Crippen LogP contribution is 2.25. The maximum Gasteiger partial charge on any atom is 0.117 e. The number of rotatable bonds is 1. The smallest absolute Gasteiger partial charge is 0.117 e. The second kappa shape index (κ2) is 4.37. The summed E-state index contributed by atoms with van der Waals surface area (Å²) in [5, 5.41) is 1.12. The molecule has 0 aliphatic rings. The maximum absolute atomic E-state index is 4.42. The zero-order chi connectivity index (χ0) is 11.7. The Balaban J connectivity index is 2.30. The Morgan fingerprint density at radius 1 is 0.941 bits per heavy atom. The number of hydrogen-bond acceptors (Lipinski definition) is 3. The first-order chi connectivity index (χ1) is 8.34. The minimum atomic E-state index is 0.911. The molecule has 0 spiro atoms. The molecule has 4 heteroatoms. The molecule has 0 radical (unpaired) electrons. The summed E-state index contributed by atoms with van der Waals surface area (Å²) in [5.74, 6) is 0. The molecule has 2 heterocycles. The van der Waals surface area contributed by atoms with Crippen LogP contribution < -0.4 is 0 Å². The predicted octanol–water partition coefficient (Wildman–Crippen LogP) is 3.30. The summed E-state index contributed by atoms with van der Waals surface area (Å²) in [5.41, 5.74) is 2.93. The van der Waals surface area contributed by atoms with Gasteiger partial charge in [-0.15, -0.1) is 0 Å². The molecule has 0 saturated heterocycles. The van der Waals surface area contributed by atoms with E-state index in [1.807, 2.05) is 24.3 Å². The Labute approximate surface area is 112 Å². The molecular weight excluding hydrogens is 325 g/mol. The van der Waals surface area contributed by atoms with Crippen LogP contribution in [0.2, 0.25) is 0 Å². The monoisotopic (exact) mass is 333 g/mol. The fourth-order valence-electron chi connectivity index (χ4n) is 1.79. The molecule has 0 unspecified atom stereocenters. The minimum absolute atomic E-state index is 0.911. The number of nitrogens with zero attached hydrogens (tertiary/aromatic N) is 3. The third-order valence-electron chi connectivity index (χ3n) is 2.54. The lowest BCUT2D eigenvalue weighted by Gasteiger charge is -2.04. The average molecular weight is 333 g/mol. The van der Waals surface area contributed by atoms with Gasteiger partial charge in [0.25, 0.3) is 0 Å². The fourth-order valence-corrected chi connectivity index (χ4v) is 2.21. The first kappa shape index (κ1) is 10.6. The maximum atomic E-state index is 4.42. The molecule has 0 atom stereocenters. The molecule has 3 rings (SSSR count). The second-order valence-corrected chi connectivity index (χ2v) is 4.71. The second-order valence-electron chi connectivity index (χ2n) is 3.61. The Hall–Kier alpha value is -1.56. The van der Waals surface area contributed by atoms with E-state index < -0.39 is 0 Å². The lowest BCUT2D eigenvalue weighted by molar-refractivity contribution is 1.14. The molecule has 0 fully saturated rings. The van der Waals surface area contributed by atoms with Gasteiger partial charge in [0.1, 0.15) is 10.0 Å². The molecule has 0 amide bonds. The van der Waals surface area contributed by atoms with Crippen LogP contribution >= 0.6 is 22.6 Å². The molecule has 0 bridgehead atoms. The highest BCUT2D eigenvalue weighted by atomic mass is 127. The molecular formula is C13H8IN3. The number of pyridine rings is 1. The quantitative estimate of drug-likeness (QED) is 0.507. The van der Waals surface area contributed by atoms with E-state index in [2.05, 4.69) is 49.7 Å². The summed E-state index contributed by atoms with van der Waals surface area (Å²) in [7, 11) is 0. The predicted molar refractivity (Wildman–Crippen MR) is 75.5 cm³/mol. The lowest BCUT2D eigenvalue weighted by Crippen LogP contribution is -1.90. The van der Waals surface area contributed by atoms with Gasteiger partial charge in [-0.25, -0.2) is 9.97 Å². The van der Waals surface area contributed by atoms with Crippen molar-refractivity contribution in [3.05, 3.63) is 52.6 Å². The van der Waals surface area contributed by atoms with Crippen LogP contribution in [0.4, 0.5) is 0 Å². The van der Waals surface area contributed by atoms with Crippen molar-refractivity contribution in [3.63, 3.8) is 0 Å². The fraction of sp³-hybridized carbons (Fsp3) is 0. The van der Waals surface area contributed by atoms with Gasteiger partial charge in [-0.1, -0.05) is 24.3 Å². The molecule has 2 aromatic heterocycles. The first-order valence-electron chi connectivity index (χ1n) is 5.16. The van der Waals surface area contributed by atoms with Crippen LogP contribution in [0.15, 0.2) is 48.9 Å². The number of fused-ring (bicyclic) bond motifs is 1. The zero-order valence-corrected chi connectivity index (χ0v) is 11.0. The van der Waals surface area contributed by atoms with Gasteiger partial charge in [0, 0.05) is 17.1 Å². The van der Waals surface area contributed by atoms with Crippen LogP contribution in [0.25, 0.3) is 22.2 Å². The summed E-state index contributed by atoms with van der Waals surface area (Å²) >= 11 is 2.18. The average Bonchev–Trinajstić information content (AvgIpc) is 2.38. The summed E-state index contributed by atoms with van der Waals surface area (Å²) in [6, 6.07) is 12.1. The largest absolute Gasteiger partial charge is 0.256 e. The first-order valence-corrected chi connectivity index (χ1v) is 6.24. The van der Waals surface area contributed by atoms with E-state index in [1.54, 1.807) is 12.5 Å². The van der Waals surface area contributed by atoms with Crippen LogP contribution in [0, 0.1) is 3.70 Å². The minimum Gasteiger partial charge on any atom is -0.256 e. The van der Waals surface area contributed by atoms with Crippen molar-refractivity contribution in [1.29, 1.82) is 0 Å². The Kier molecular flexibility index (Phi) is 2.72. The van der Waals surface area contributed by atoms with E-state index in [9.17, 15) is 0 Å². The molecule has 0 aliphatic carbocycles. The van der Waals surface area contributed by atoms with Crippen molar-refractivity contribution in [2.45, 2.75) is 0 Å². The van der Waals surface area contributed by atoms with E-state index >= 15 is 0 Å². The van der Waals surface area contributed by atoms with Crippen LogP contribution in [0.1, 0.15) is 0 Å². The Morgan fingerprint density at radius 2 is 1.82 bits per heavy atom. The van der Waals surface area contributed by atoms with Gasteiger partial charge in [0.05, 0.1) is 11.2 Å². The van der Waals surface area contributed by atoms with Gasteiger partial charge >= 0.3 is 0 Å². The summed E-state index contributed by atoms with van der Waals surface area (Å²) in [6.45, 7) is 0. The third-order valence-corrected chi connectivity index (χ3v) is 3.13. The van der Waals surface area contributed by atoms with E-state index in [4.69, 9.17) is 0 Å². The summed E-state index contributed by atoms with van der Waals surface area (Å²) in [4.78, 5) is 12.8. The van der Waals surface area contributed by atoms with Crippen molar-refractivity contribution >= 4 is 33.5 Å². The van der Waals surface area contributed by atoms with Crippen molar-refractivity contribution in [2.24, 2.45) is 0 Å². The van der Waals surface area contributed by atoms with Crippen molar-refractivity contribution in [1.82, 2.24) is 15.0 Å². The normalized spacial score (nSPS) is 10.6.